The summed E-state index contributed by atoms with van der Waals surface area (Å²) in [7, 11) is 0.0145. The van der Waals surface area contributed by atoms with Gasteiger partial charge in [0.05, 0.1) is 18.3 Å². The first-order valence-electron chi connectivity index (χ1n) is 19.1. The van der Waals surface area contributed by atoms with Crippen LogP contribution < -0.4 is 26.6 Å². The zero-order valence-electron chi connectivity index (χ0n) is 29.8. The van der Waals surface area contributed by atoms with Crippen LogP contribution in [0.4, 0.5) is 11.8 Å². The van der Waals surface area contributed by atoms with E-state index in [0.717, 1.165) is 132 Å². The summed E-state index contributed by atoms with van der Waals surface area (Å²) < 4.78 is 1.91. The average Bonchev–Trinajstić information content (AvgIpc) is 3.61. The number of aryl methyl sites for hydroxylation is 1. The third-order valence-electron chi connectivity index (χ3n) is 9.77. The lowest BCUT2D eigenvalue weighted by Gasteiger charge is -2.33. The normalized spacial score (nSPS) is 16.1. The van der Waals surface area contributed by atoms with Gasteiger partial charge in [0.15, 0.2) is 0 Å². The minimum atomic E-state index is 0.0145. The topological polar surface area (TPSA) is 157 Å². The molecule has 1 unspecified atom stereocenters. The van der Waals surface area contributed by atoms with Crippen molar-refractivity contribution in [1.29, 1.82) is 0 Å². The van der Waals surface area contributed by atoms with Gasteiger partial charge >= 0.3 is 0 Å². The maximum Gasteiger partial charge on any atom is 0.225 e. The largest absolute Gasteiger partial charge is 0.377 e. The molecule has 1 saturated heterocycles. The third-order valence-corrected chi connectivity index (χ3v) is 10.2. The van der Waals surface area contributed by atoms with Crippen molar-refractivity contribution < 1.29 is 9.69 Å². The lowest BCUT2D eigenvalue weighted by Crippen LogP contribution is -2.42. The van der Waals surface area contributed by atoms with Crippen LogP contribution in [0.15, 0.2) is 30.5 Å². The number of likely N-dealkylation sites (tertiary alicyclic amines) is 1. The number of anilines is 2. The van der Waals surface area contributed by atoms with Gasteiger partial charge in [-0.3, -0.25) is 9.48 Å². The van der Waals surface area contributed by atoms with Crippen molar-refractivity contribution in [2.75, 3.05) is 62.6 Å². The van der Waals surface area contributed by atoms with Gasteiger partial charge in [-0.15, -0.1) is 5.10 Å². The highest BCUT2D eigenvalue weighted by Gasteiger charge is 2.23. The minimum absolute atomic E-state index is 0.0145. The van der Waals surface area contributed by atoms with Crippen molar-refractivity contribution >= 4 is 37.4 Å². The van der Waals surface area contributed by atoms with Gasteiger partial charge in [-0.1, -0.05) is 43.0 Å². The molecule has 276 valence electrons. The fourth-order valence-corrected chi connectivity index (χ4v) is 7.17. The molecule has 3 aromatic rings. The number of hydrogen-bond donors (Lipinski definition) is 6. The SMILES string of the molecule is O=C(CCCCCNCCPO)N1CCC(Nc2nc(NCc3cn(CCCNCCCNC4CCCCC4)nn3)nc3ccccc23)CC1. The lowest BCUT2D eigenvalue weighted by atomic mass is 9.95. The molecule has 0 bridgehead atoms. The summed E-state index contributed by atoms with van der Waals surface area (Å²) in [5, 5.41) is 27.3. The summed E-state index contributed by atoms with van der Waals surface area (Å²) >= 11 is 0. The molecule has 14 heteroatoms. The molecular weight excluding hydrogens is 649 g/mol. The van der Waals surface area contributed by atoms with Crippen molar-refractivity contribution in [1.82, 2.24) is 45.8 Å². The molecule has 1 amide bonds. The van der Waals surface area contributed by atoms with Gasteiger partial charge in [0.25, 0.3) is 0 Å². The van der Waals surface area contributed by atoms with Gasteiger partial charge in [0.1, 0.15) is 11.5 Å². The Morgan fingerprint density at radius 2 is 1.66 bits per heavy atom. The van der Waals surface area contributed by atoms with Crippen molar-refractivity contribution in [3.8, 4) is 0 Å². The van der Waals surface area contributed by atoms with Crippen LogP contribution >= 0.6 is 8.81 Å². The number of hydrogen-bond acceptors (Lipinski definition) is 11. The quantitative estimate of drug-likeness (QED) is 0.0618. The summed E-state index contributed by atoms with van der Waals surface area (Å²) in [4.78, 5) is 33.4. The maximum absolute atomic E-state index is 12.8. The second-order valence-corrected chi connectivity index (χ2v) is 14.6. The van der Waals surface area contributed by atoms with Gasteiger partial charge in [0.2, 0.25) is 11.9 Å². The Balaban J connectivity index is 0.993. The van der Waals surface area contributed by atoms with E-state index < -0.39 is 0 Å². The second-order valence-electron chi connectivity index (χ2n) is 13.8. The van der Waals surface area contributed by atoms with Crippen LogP contribution in [0, 0.1) is 0 Å². The highest BCUT2D eigenvalue weighted by Crippen LogP contribution is 2.25. The van der Waals surface area contributed by atoms with E-state index in [2.05, 4.69) is 43.0 Å². The maximum atomic E-state index is 12.8. The molecule has 1 aliphatic heterocycles. The number of piperidine rings is 1. The standard InChI is InChI=1S/C36H60N11O2P/c48-34(15-5-2-8-18-38-22-26-50-49)46-24-16-30(17-25-46)41-35-32-13-6-7-14-33(32)42-36(43-35)40-27-31-28-47(45-44-31)23-10-20-37-19-9-21-39-29-11-3-1-4-12-29/h6-7,13-14,28-30,37-39,49-50H,1-5,8-12,15-27H2,(H2,40,41,42,43). The molecule has 13 nitrogen and oxygen atoms in total. The molecule has 0 radical (unpaired) electrons. The molecule has 2 aliphatic rings. The van der Waals surface area contributed by atoms with E-state index in [9.17, 15) is 4.79 Å². The van der Waals surface area contributed by atoms with Crippen LogP contribution in [0.25, 0.3) is 10.9 Å². The van der Waals surface area contributed by atoms with E-state index in [0.29, 0.717) is 18.9 Å². The van der Waals surface area contributed by atoms with E-state index in [1.807, 2.05) is 34.0 Å². The highest BCUT2D eigenvalue weighted by molar-refractivity contribution is 7.31. The first-order chi connectivity index (χ1) is 24.7. The number of nitrogens with one attached hydrogen (secondary N) is 5. The first-order valence-corrected chi connectivity index (χ1v) is 20.3. The molecule has 5 rings (SSSR count). The van der Waals surface area contributed by atoms with Gasteiger partial charge in [-0.2, -0.15) is 4.98 Å². The Kier molecular flexibility index (Phi) is 16.9. The average molecular weight is 710 g/mol. The summed E-state index contributed by atoms with van der Waals surface area (Å²) in [6.07, 6.45) is 17.3. The van der Waals surface area contributed by atoms with Gasteiger partial charge in [-0.25, -0.2) is 4.98 Å². The highest BCUT2D eigenvalue weighted by atomic mass is 31.1. The predicted octanol–water partition coefficient (Wildman–Crippen LogP) is 4.26. The second kappa shape index (κ2) is 22.1. The molecule has 1 atom stereocenters. The molecule has 0 spiro atoms. The molecule has 50 heavy (non-hydrogen) atoms. The number of aromatic nitrogens is 5. The number of carbonyl (C=O) groups is 1. The molecule has 1 aliphatic carbocycles. The summed E-state index contributed by atoms with van der Waals surface area (Å²) in [6.45, 7) is 7.77. The Hall–Kier alpha value is -2.96. The van der Waals surface area contributed by atoms with E-state index >= 15 is 0 Å². The lowest BCUT2D eigenvalue weighted by molar-refractivity contribution is -0.132. The van der Waals surface area contributed by atoms with Crippen LogP contribution in [0.3, 0.4) is 0 Å². The number of rotatable bonds is 23. The van der Waals surface area contributed by atoms with Crippen LogP contribution in [0.2, 0.25) is 0 Å². The number of para-hydroxylation sites is 1. The minimum Gasteiger partial charge on any atom is -0.377 e. The zero-order valence-corrected chi connectivity index (χ0v) is 30.8. The summed E-state index contributed by atoms with van der Waals surface area (Å²) in [5.41, 5.74) is 1.73. The van der Waals surface area contributed by atoms with E-state index in [-0.39, 0.29) is 20.8 Å². The van der Waals surface area contributed by atoms with Crippen molar-refractivity contribution in [3.63, 3.8) is 0 Å². The Bertz CT molecular complexity index is 1400. The summed E-state index contributed by atoms with van der Waals surface area (Å²) in [5.74, 6) is 1.63. The van der Waals surface area contributed by atoms with Crippen LogP contribution in [-0.2, 0) is 17.9 Å². The molecule has 2 aromatic heterocycles. The number of benzene rings is 1. The molecule has 2 fully saturated rings. The fourth-order valence-electron chi connectivity index (χ4n) is 6.88. The molecule has 1 saturated carbocycles. The monoisotopic (exact) mass is 709 g/mol. The van der Waals surface area contributed by atoms with Crippen LogP contribution in [-0.4, -0.2) is 105 Å². The van der Waals surface area contributed by atoms with E-state index in [4.69, 9.17) is 14.9 Å². The molecular formula is C36H60N11O2P. The third kappa shape index (κ3) is 13.3. The molecule has 3 heterocycles. The van der Waals surface area contributed by atoms with E-state index in [1.54, 1.807) is 0 Å². The van der Waals surface area contributed by atoms with Gasteiger partial charge in [-0.05, 0) is 89.7 Å². The Morgan fingerprint density at radius 3 is 2.52 bits per heavy atom. The van der Waals surface area contributed by atoms with Crippen molar-refractivity contribution in [2.45, 2.75) is 109 Å². The van der Waals surface area contributed by atoms with Crippen molar-refractivity contribution in [2.24, 2.45) is 0 Å². The predicted molar refractivity (Wildman–Crippen MR) is 204 cm³/mol. The number of nitrogens with zero attached hydrogens (tertiary/aromatic N) is 6. The number of amides is 1. The molecule has 1 aromatic carbocycles. The fraction of sp³-hybridized carbons (Fsp3) is 0.694. The smallest absolute Gasteiger partial charge is 0.225 e. The molecule has 6 N–H and O–H groups in total. The zero-order chi connectivity index (χ0) is 34.6. The summed E-state index contributed by atoms with van der Waals surface area (Å²) in [6, 6.07) is 9.05. The number of unbranched alkanes of at least 4 members (excludes halogenated alkanes) is 2. The van der Waals surface area contributed by atoms with E-state index in [1.165, 1.54) is 32.1 Å². The first kappa shape index (κ1) is 38.3. The van der Waals surface area contributed by atoms with Crippen LogP contribution in [0.1, 0.15) is 89.2 Å². The Labute approximate surface area is 299 Å². The van der Waals surface area contributed by atoms with Gasteiger partial charge < -0.3 is 36.4 Å². The number of carbonyl (C=O) groups excluding carboxylic acids is 1. The Morgan fingerprint density at radius 1 is 0.860 bits per heavy atom. The number of fused-ring (bicyclic) bond motifs is 1. The van der Waals surface area contributed by atoms with Gasteiger partial charge in [0, 0.05) is 65.0 Å². The van der Waals surface area contributed by atoms with Crippen LogP contribution in [0.5, 0.6) is 0 Å². The van der Waals surface area contributed by atoms with Crippen molar-refractivity contribution in [3.05, 3.63) is 36.2 Å².